The summed E-state index contributed by atoms with van der Waals surface area (Å²) in [5, 5.41) is 21.8. The Morgan fingerprint density at radius 3 is 2.42 bits per heavy atom. The molecule has 1 unspecified atom stereocenters. The average molecular weight is 457 g/mol. The van der Waals surface area contributed by atoms with Crippen molar-refractivity contribution in [2.24, 2.45) is 0 Å². The molecule has 172 valence electrons. The standard InChI is InChI=1S/C19H28N4O7S/c1-15(24)21-10-8-20(9-11-21)13-16(25)14-30-19-5-4-17(12-18(19)23(26)27)31(28,29)22-6-2-3-7-22/h4-5,12,16,25H,2-3,6-11,13-14H2,1H3. The minimum absolute atomic E-state index is 0.0195. The third-order valence-corrected chi connectivity index (χ3v) is 7.44. The van der Waals surface area contributed by atoms with Gasteiger partial charge in [0.05, 0.1) is 9.82 Å². The predicted octanol–water partition coefficient (Wildman–Crippen LogP) is 0.283. The smallest absolute Gasteiger partial charge is 0.312 e. The van der Waals surface area contributed by atoms with E-state index in [1.165, 1.54) is 23.4 Å². The molecule has 1 atom stereocenters. The monoisotopic (exact) mass is 456 g/mol. The highest BCUT2D eigenvalue weighted by Gasteiger charge is 2.30. The third-order valence-electron chi connectivity index (χ3n) is 5.55. The van der Waals surface area contributed by atoms with Crippen LogP contribution in [0.2, 0.25) is 0 Å². The quantitative estimate of drug-likeness (QED) is 0.436. The topological polar surface area (TPSA) is 134 Å². The lowest BCUT2D eigenvalue weighted by Crippen LogP contribution is -2.50. The van der Waals surface area contributed by atoms with E-state index in [4.69, 9.17) is 4.74 Å². The second-order valence-corrected chi connectivity index (χ2v) is 9.71. The van der Waals surface area contributed by atoms with Crippen molar-refractivity contribution in [1.82, 2.24) is 14.1 Å². The molecule has 12 heteroatoms. The first-order chi connectivity index (χ1) is 14.7. The molecule has 2 saturated heterocycles. The minimum Gasteiger partial charge on any atom is -0.484 e. The number of aliphatic hydroxyl groups excluding tert-OH is 1. The first-order valence-electron chi connectivity index (χ1n) is 10.3. The van der Waals surface area contributed by atoms with Crippen molar-refractivity contribution in [3.63, 3.8) is 0 Å². The Hall–Kier alpha value is -2.28. The van der Waals surface area contributed by atoms with Crippen LogP contribution in [0.5, 0.6) is 5.75 Å². The van der Waals surface area contributed by atoms with E-state index in [0.29, 0.717) is 45.8 Å². The Balaban J connectivity index is 1.61. The van der Waals surface area contributed by atoms with Gasteiger partial charge in [0.1, 0.15) is 12.7 Å². The third kappa shape index (κ3) is 5.70. The number of carbonyl (C=O) groups excluding carboxylic acids is 1. The van der Waals surface area contributed by atoms with Crippen LogP contribution in [0, 0.1) is 10.1 Å². The molecule has 0 aliphatic carbocycles. The van der Waals surface area contributed by atoms with Crippen LogP contribution in [0.25, 0.3) is 0 Å². The maximum Gasteiger partial charge on any atom is 0.312 e. The number of nitro benzene ring substituents is 1. The Morgan fingerprint density at radius 1 is 1.19 bits per heavy atom. The molecule has 2 aliphatic heterocycles. The summed E-state index contributed by atoms with van der Waals surface area (Å²) >= 11 is 0. The Kier molecular flexibility index (Phi) is 7.46. The van der Waals surface area contributed by atoms with Crippen molar-refractivity contribution in [3.8, 4) is 5.75 Å². The van der Waals surface area contributed by atoms with E-state index in [1.54, 1.807) is 4.90 Å². The number of amides is 1. The number of ether oxygens (including phenoxy) is 1. The number of carbonyl (C=O) groups is 1. The fourth-order valence-electron chi connectivity index (χ4n) is 3.78. The lowest BCUT2D eigenvalue weighted by molar-refractivity contribution is -0.386. The molecule has 11 nitrogen and oxygen atoms in total. The second kappa shape index (κ2) is 9.90. The van der Waals surface area contributed by atoms with E-state index >= 15 is 0 Å². The molecular formula is C19H28N4O7S. The molecular weight excluding hydrogens is 428 g/mol. The molecule has 1 aromatic rings. The first-order valence-corrected chi connectivity index (χ1v) is 11.7. The highest BCUT2D eigenvalue weighted by molar-refractivity contribution is 7.89. The van der Waals surface area contributed by atoms with Crippen LogP contribution in [0.1, 0.15) is 19.8 Å². The fraction of sp³-hybridized carbons (Fsp3) is 0.632. The van der Waals surface area contributed by atoms with Gasteiger partial charge in [-0.25, -0.2) is 8.42 Å². The molecule has 1 amide bonds. The van der Waals surface area contributed by atoms with Gasteiger partial charge in [-0.3, -0.25) is 19.8 Å². The minimum atomic E-state index is -3.78. The van der Waals surface area contributed by atoms with Crippen molar-refractivity contribution in [2.45, 2.75) is 30.8 Å². The van der Waals surface area contributed by atoms with Gasteiger partial charge in [-0.15, -0.1) is 0 Å². The van der Waals surface area contributed by atoms with E-state index in [0.717, 1.165) is 18.9 Å². The molecule has 1 aromatic carbocycles. The van der Waals surface area contributed by atoms with Gasteiger partial charge < -0.3 is 14.7 Å². The Morgan fingerprint density at radius 2 is 1.84 bits per heavy atom. The van der Waals surface area contributed by atoms with Crippen LogP contribution in [0.15, 0.2) is 23.1 Å². The van der Waals surface area contributed by atoms with E-state index in [1.807, 2.05) is 4.90 Å². The van der Waals surface area contributed by atoms with Crippen molar-refractivity contribution >= 4 is 21.6 Å². The van der Waals surface area contributed by atoms with Gasteiger partial charge in [-0.05, 0) is 25.0 Å². The summed E-state index contributed by atoms with van der Waals surface area (Å²) in [6.45, 7) is 4.88. The van der Waals surface area contributed by atoms with Gasteiger partial charge in [0.2, 0.25) is 15.9 Å². The lowest BCUT2D eigenvalue weighted by atomic mass is 10.2. The summed E-state index contributed by atoms with van der Waals surface area (Å²) in [5.41, 5.74) is -0.456. The number of nitro groups is 1. The molecule has 0 aromatic heterocycles. The molecule has 1 N–H and O–H groups in total. The van der Waals surface area contributed by atoms with Crippen molar-refractivity contribution in [1.29, 1.82) is 0 Å². The fourth-order valence-corrected chi connectivity index (χ4v) is 5.32. The number of benzene rings is 1. The highest BCUT2D eigenvalue weighted by Crippen LogP contribution is 2.32. The molecule has 0 radical (unpaired) electrons. The van der Waals surface area contributed by atoms with Crippen LogP contribution in [-0.4, -0.2) is 97.0 Å². The maximum absolute atomic E-state index is 12.7. The van der Waals surface area contributed by atoms with Gasteiger partial charge in [0.25, 0.3) is 0 Å². The SMILES string of the molecule is CC(=O)N1CCN(CC(O)COc2ccc(S(=O)(=O)N3CCCC3)cc2[N+](=O)[O-])CC1. The van der Waals surface area contributed by atoms with Gasteiger partial charge in [-0.2, -0.15) is 4.31 Å². The normalized spacial score (nSPS) is 19.4. The molecule has 2 aliphatic rings. The molecule has 31 heavy (non-hydrogen) atoms. The summed E-state index contributed by atoms with van der Waals surface area (Å²) in [4.78, 5) is 25.8. The summed E-state index contributed by atoms with van der Waals surface area (Å²) < 4.78 is 32.1. The number of rotatable bonds is 8. The average Bonchev–Trinajstić information content (AvgIpc) is 3.28. The number of piperazine rings is 1. The molecule has 0 saturated carbocycles. The number of sulfonamides is 1. The zero-order valence-electron chi connectivity index (χ0n) is 17.5. The number of hydrogen-bond donors (Lipinski definition) is 1. The van der Waals surface area contributed by atoms with Crippen molar-refractivity contribution < 1.29 is 28.0 Å². The molecule has 2 heterocycles. The second-order valence-electron chi connectivity index (χ2n) is 7.77. The van der Waals surface area contributed by atoms with E-state index in [2.05, 4.69) is 0 Å². The summed E-state index contributed by atoms with van der Waals surface area (Å²) in [6.07, 6.45) is 0.644. The van der Waals surface area contributed by atoms with Crippen LogP contribution >= 0.6 is 0 Å². The summed E-state index contributed by atoms with van der Waals surface area (Å²) in [7, 11) is -3.78. The number of β-amino-alcohol motifs (C(OH)–C–C–N with tert-alkyl or cyclic N) is 1. The maximum atomic E-state index is 12.7. The Bertz CT molecular complexity index is 910. The van der Waals surface area contributed by atoms with Crippen LogP contribution in [0.3, 0.4) is 0 Å². The largest absolute Gasteiger partial charge is 0.484 e. The zero-order valence-corrected chi connectivity index (χ0v) is 18.3. The molecule has 2 fully saturated rings. The van der Waals surface area contributed by atoms with Gasteiger partial charge in [-0.1, -0.05) is 0 Å². The summed E-state index contributed by atoms with van der Waals surface area (Å²) in [6, 6.07) is 3.57. The van der Waals surface area contributed by atoms with E-state index in [-0.39, 0.29) is 23.2 Å². The lowest BCUT2D eigenvalue weighted by Gasteiger charge is -2.35. The molecule has 3 rings (SSSR count). The molecule has 0 spiro atoms. The van der Waals surface area contributed by atoms with E-state index in [9.17, 15) is 28.4 Å². The number of aliphatic hydroxyl groups is 1. The van der Waals surface area contributed by atoms with Crippen molar-refractivity contribution in [3.05, 3.63) is 28.3 Å². The number of nitrogens with zero attached hydrogens (tertiary/aromatic N) is 4. The van der Waals surface area contributed by atoms with Gasteiger partial charge in [0.15, 0.2) is 5.75 Å². The van der Waals surface area contributed by atoms with Gasteiger partial charge >= 0.3 is 5.69 Å². The van der Waals surface area contributed by atoms with Gasteiger partial charge in [0, 0.05) is 58.8 Å². The number of hydrogen-bond acceptors (Lipinski definition) is 8. The first kappa shape index (κ1) is 23.4. The van der Waals surface area contributed by atoms with Crippen LogP contribution < -0.4 is 4.74 Å². The van der Waals surface area contributed by atoms with Crippen LogP contribution in [-0.2, 0) is 14.8 Å². The Labute approximate surface area is 181 Å². The summed E-state index contributed by atoms with van der Waals surface area (Å²) in [5.74, 6) is -0.0724. The van der Waals surface area contributed by atoms with Crippen LogP contribution in [0.4, 0.5) is 5.69 Å². The highest BCUT2D eigenvalue weighted by atomic mass is 32.2. The molecule has 0 bridgehead atoms. The van der Waals surface area contributed by atoms with E-state index < -0.39 is 26.7 Å². The van der Waals surface area contributed by atoms with Crippen molar-refractivity contribution in [2.75, 3.05) is 52.4 Å². The predicted molar refractivity (Wildman–Crippen MR) is 111 cm³/mol. The zero-order chi connectivity index (χ0) is 22.6.